The Balaban J connectivity index is 1.32. The van der Waals surface area contributed by atoms with Gasteiger partial charge in [-0.05, 0) is 31.5 Å². The lowest BCUT2D eigenvalue weighted by molar-refractivity contribution is -0.188. The number of thiazole rings is 1. The van der Waals surface area contributed by atoms with Crippen LogP contribution < -0.4 is 0 Å². The van der Waals surface area contributed by atoms with Gasteiger partial charge >= 0.3 is 0 Å². The minimum atomic E-state index is -0.302. The molecule has 6 nitrogen and oxygen atoms in total. The second-order valence-electron chi connectivity index (χ2n) is 7.17. The number of hydrogen-bond donors (Lipinski definition) is 0. The maximum absolute atomic E-state index is 12.6. The van der Waals surface area contributed by atoms with E-state index in [1.165, 1.54) is 0 Å². The van der Waals surface area contributed by atoms with E-state index in [0.717, 1.165) is 23.5 Å². The van der Waals surface area contributed by atoms with Crippen LogP contribution in [-0.2, 0) is 16.1 Å². The molecule has 27 heavy (non-hydrogen) atoms. The van der Waals surface area contributed by atoms with Gasteiger partial charge in [-0.25, -0.2) is 4.98 Å². The van der Waals surface area contributed by atoms with Crippen molar-refractivity contribution in [3.63, 3.8) is 0 Å². The van der Waals surface area contributed by atoms with Crippen LogP contribution in [0.1, 0.15) is 39.5 Å². The zero-order chi connectivity index (χ0) is 18.9. The highest BCUT2D eigenvalue weighted by atomic mass is 32.1. The van der Waals surface area contributed by atoms with E-state index in [9.17, 15) is 4.79 Å². The average Bonchev–Trinajstić information content (AvgIpc) is 3.09. The number of carbonyl (C=O) groups is 1. The molecule has 0 bridgehead atoms. The lowest BCUT2D eigenvalue weighted by Crippen LogP contribution is -2.67. The molecule has 1 aromatic carbocycles. The molecule has 0 aliphatic carbocycles. The van der Waals surface area contributed by atoms with Gasteiger partial charge in [0.25, 0.3) is 5.91 Å². The third-order valence-corrected chi connectivity index (χ3v) is 5.89. The number of hydrogen-bond acceptors (Lipinski definition) is 6. The van der Waals surface area contributed by atoms with Gasteiger partial charge in [0, 0.05) is 24.0 Å². The van der Waals surface area contributed by atoms with Gasteiger partial charge in [0.15, 0.2) is 0 Å². The molecule has 2 saturated heterocycles. The number of ether oxygens (including phenoxy) is 2. The van der Waals surface area contributed by atoms with Crippen LogP contribution in [-0.4, -0.2) is 47.2 Å². The van der Waals surface area contributed by atoms with Crippen LogP contribution in [0.25, 0.3) is 0 Å². The van der Waals surface area contributed by atoms with Gasteiger partial charge in [-0.15, -0.1) is 11.3 Å². The second kappa shape index (κ2) is 7.39. The lowest BCUT2D eigenvalue weighted by Gasteiger charge is -2.53. The molecule has 0 N–H and O–H groups in total. The molecule has 2 fully saturated rings. The topological polar surface area (TPSA) is 75.5 Å². The summed E-state index contributed by atoms with van der Waals surface area (Å²) in [6, 6.07) is 8.89. The van der Waals surface area contributed by atoms with Crippen LogP contribution in [0.15, 0.2) is 29.6 Å². The summed E-state index contributed by atoms with van der Waals surface area (Å²) in [6.07, 6.45) is 1.78. The fraction of sp³-hybridized carbons (Fsp3) is 0.450. The number of aromatic nitrogens is 1. The van der Waals surface area contributed by atoms with Gasteiger partial charge in [0.1, 0.15) is 5.60 Å². The second-order valence-corrected chi connectivity index (χ2v) is 8.23. The first-order valence-electron chi connectivity index (χ1n) is 9.03. The van der Waals surface area contributed by atoms with Gasteiger partial charge < -0.3 is 14.4 Å². The smallest absolute Gasteiger partial charge is 0.254 e. The number of amides is 1. The normalized spacial score (nSPS) is 20.9. The van der Waals surface area contributed by atoms with Crippen molar-refractivity contribution in [2.45, 2.75) is 38.1 Å². The van der Waals surface area contributed by atoms with Crippen molar-refractivity contribution in [2.24, 2.45) is 0 Å². The van der Waals surface area contributed by atoms with Gasteiger partial charge in [0.05, 0.1) is 48.1 Å². The fourth-order valence-corrected chi connectivity index (χ4v) is 4.32. The minimum Gasteiger partial charge on any atom is -0.372 e. The van der Waals surface area contributed by atoms with E-state index in [2.05, 4.69) is 11.1 Å². The van der Waals surface area contributed by atoms with Crippen molar-refractivity contribution in [1.82, 2.24) is 9.88 Å². The Hall–Kier alpha value is -2.27. The van der Waals surface area contributed by atoms with Crippen LogP contribution >= 0.6 is 11.3 Å². The summed E-state index contributed by atoms with van der Waals surface area (Å²) in [5.74, 6) is -0.0534. The molecular formula is C20H21N3O3S. The van der Waals surface area contributed by atoms with Crippen molar-refractivity contribution >= 4 is 17.2 Å². The predicted octanol–water partition coefficient (Wildman–Crippen LogP) is 2.91. The standard InChI is InChI=1S/C20H21N3O3S/c1-14-22-17(11-27-14)10-25-18-5-6-26-20(8-18)12-23(13-20)19(24)16-4-2-3-15(7-16)9-21/h2-4,7,11,18H,5-6,8,10,12-13H2,1H3/t18-/m0/s1. The Kier molecular flexibility index (Phi) is 4.96. The monoisotopic (exact) mass is 383 g/mol. The Morgan fingerprint density at radius 1 is 1.52 bits per heavy atom. The molecule has 7 heteroatoms. The molecule has 1 amide bonds. The van der Waals surface area contributed by atoms with E-state index in [0.29, 0.717) is 37.4 Å². The first kappa shape index (κ1) is 18.1. The number of nitriles is 1. The summed E-state index contributed by atoms with van der Waals surface area (Å²) in [4.78, 5) is 18.9. The molecule has 0 unspecified atom stereocenters. The summed E-state index contributed by atoms with van der Waals surface area (Å²) < 4.78 is 12.1. The number of aryl methyl sites for hydroxylation is 1. The van der Waals surface area contributed by atoms with Crippen LogP contribution in [0.5, 0.6) is 0 Å². The number of rotatable bonds is 4. The summed E-state index contributed by atoms with van der Waals surface area (Å²) in [5, 5.41) is 12.1. The van der Waals surface area contributed by atoms with Crippen molar-refractivity contribution in [1.29, 1.82) is 5.26 Å². The van der Waals surface area contributed by atoms with Crippen LogP contribution in [0.3, 0.4) is 0 Å². The highest BCUT2D eigenvalue weighted by molar-refractivity contribution is 7.09. The van der Waals surface area contributed by atoms with E-state index < -0.39 is 0 Å². The fourth-order valence-electron chi connectivity index (χ4n) is 3.72. The Bertz CT molecular complexity index is 883. The van der Waals surface area contributed by atoms with E-state index >= 15 is 0 Å². The maximum Gasteiger partial charge on any atom is 0.254 e. The molecule has 0 saturated carbocycles. The number of benzene rings is 1. The quantitative estimate of drug-likeness (QED) is 0.811. The Labute approximate surface area is 162 Å². The van der Waals surface area contributed by atoms with E-state index in [4.69, 9.17) is 14.7 Å². The SMILES string of the molecule is Cc1nc(CO[C@H]2CCOC3(C2)CN(C(=O)c2cccc(C#N)c2)C3)cs1. The predicted molar refractivity (Wildman–Crippen MR) is 100 cm³/mol. The molecule has 4 rings (SSSR count). The largest absolute Gasteiger partial charge is 0.372 e. The van der Waals surface area contributed by atoms with Crippen molar-refractivity contribution in [3.8, 4) is 6.07 Å². The molecule has 140 valence electrons. The minimum absolute atomic E-state index is 0.0534. The molecule has 1 spiro atoms. The Morgan fingerprint density at radius 3 is 3.11 bits per heavy atom. The summed E-state index contributed by atoms with van der Waals surface area (Å²) in [5.41, 5.74) is 1.71. The lowest BCUT2D eigenvalue weighted by atomic mass is 9.84. The van der Waals surface area contributed by atoms with Crippen LogP contribution in [0, 0.1) is 18.3 Å². The zero-order valence-electron chi connectivity index (χ0n) is 15.2. The molecule has 1 aromatic heterocycles. The average molecular weight is 383 g/mol. The summed E-state index contributed by atoms with van der Waals surface area (Å²) >= 11 is 1.63. The number of nitrogens with zero attached hydrogens (tertiary/aromatic N) is 3. The zero-order valence-corrected chi connectivity index (χ0v) is 16.0. The Morgan fingerprint density at radius 2 is 2.37 bits per heavy atom. The summed E-state index contributed by atoms with van der Waals surface area (Å²) in [6.45, 7) is 4.29. The van der Waals surface area contributed by atoms with Crippen molar-refractivity contribution in [2.75, 3.05) is 19.7 Å². The van der Waals surface area contributed by atoms with E-state index in [1.54, 1.807) is 40.5 Å². The van der Waals surface area contributed by atoms with Gasteiger partial charge in [-0.2, -0.15) is 5.26 Å². The molecule has 3 heterocycles. The molecule has 0 radical (unpaired) electrons. The third-order valence-electron chi connectivity index (χ3n) is 5.07. The van der Waals surface area contributed by atoms with Gasteiger partial charge in [0.2, 0.25) is 0 Å². The van der Waals surface area contributed by atoms with Crippen LogP contribution in [0.4, 0.5) is 0 Å². The van der Waals surface area contributed by atoms with Crippen LogP contribution in [0.2, 0.25) is 0 Å². The van der Waals surface area contributed by atoms with E-state index in [1.807, 2.05) is 12.3 Å². The molecular weight excluding hydrogens is 362 g/mol. The summed E-state index contributed by atoms with van der Waals surface area (Å²) in [7, 11) is 0. The molecule has 2 aromatic rings. The highest BCUT2D eigenvalue weighted by Gasteiger charge is 2.49. The van der Waals surface area contributed by atoms with Gasteiger partial charge in [-0.3, -0.25) is 4.79 Å². The molecule has 2 aliphatic heterocycles. The number of carbonyl (C=O) groups excluding carboxylic acids is 1. The van der Waals surface area contributed by atoms with Crippen molar-refractivity contribution < 1.29 is 14.3 Å². The third kappa shape index (κ3) is 3.88. The molecule has 1 atom stereocenters. The van der Waals surface area contributed by atoms with E-state index in [-0.39, 0.29) is 17.6 Å². The first-order chi connectivity index (χ1) is 13.1. The maximum atomic E-state index is 12.6. The molecule has 2 aliphatic rings. The van der Waals surface area contributed by atoms with Gasteiger partial charge in [-0.1, -0.05) is 6.07 Å². The van der Waals surface area contributed by atoms with Crippen molar-refractivity contribution in [3.05, 3.63) is 51.5 Å². The first-order valence-corrected chi connectivity index (χ1v) is 9.91. The highest BCUT2D eigenvalue weighted by Crippen LogP contribution is 2.36. The number of likely N-dealkylation sites (tertiary alicyclic amines) is 1.